The molecule has 1 heterocycles. The average Bonchev–Trinajstić information content (AvgIpc) is 2.55. The van der Waals surface area contributed by atoms with E-state index in [0.717, 1.165) is 0 Å². The highest BCUT2D eigenvalue weighted by molar-refractivity contribution is 6.06. The second-order valence-electron chi connectivity index (χ2n) is 5.62. The zero-order valence-electron chi connectivity index (χ0n) is 11.0. The van der Waals surface area contributed by atoms with Crippen molar-refractivity contribution in [1.29, 1.82) is 0 Å². The molecule has 0 fully saturated rings. The van der Waals surface area contributed by atoms with Crippen molar-refractivity contribution in [3.63, 3.8) is 0 Å². The third kappa shape index (κ3) is 2.15. The van der Waals surface area contributed by atoms with E-state index in [2.05, 4.69) is 4.99 Å². The van der Waals surface area contributed by atoms with Gasteiger partial charge in [0, 0.05) is 11.8 Å². The maximum atomic E-state index is 13.3. The van der Waals surface area contributed by atoms with Gasteiger partial charge in [-0.3, -0.25) is 9.79 Å². The summed E-state index contributed by atoms with van der Waals surface area (Å²) in [6, 6.07) is 4.24. The predicted octanol–water partition coefficient (Wildman–Crippen LogP) is 3.14. The summed E-state index contributed by atoms with van der Waals surface area (Å²) in [5, 5.41) is 0. The molecule has 0 saturated heterocycles. The topological polar surface area (TPSA) is 38.7 Å². The average molecular weight is 249 g/mol. The molecule has 0 amide bonds. The maximum Gasteiger partial charge on any atom is 0.322 e. The van der Waals surface area contributed by atoms with Gasteiger partial charge in [0.05, 0.1) is 5.69 Å². The van der Waals surface area contributed by atoms with Crippen LogP contribution in [0.5, 0.6) is 0 Å². The molecule has 96 valence electrons. The van der Waals surface area contributed by atoms with Gasteiger partial charge in [-0.25, -0.2) is 4.39 Å². The minimum atomic E-state index is -1.01. The van der Waals surface area contributed by atoms with Gasteiger partial charge in [0.1, 0.15) is 16.8 Å². The Balaban J connectivity index is 2.39. The van der Waals surface area contributed by atoms with Crippen LogP contribution in [0.15, 0.2) is 23.2 Å². The first-order valence-corrected chi connectivity index (χ1v) is 5.81. The number of halogens is 1. The molecule has 18 heavy (non-hydrogen) atoms. The fraction of sp³-hybridized carbons (Fsp3) is 0.429. The molecule has 1 unspecified atom stereocenters. The maximum absolute atomic E-state index is 13.3. The van der Waals surface area contributed by atoms with Gasteiger partial charge in [-0.2, -0.15) is 0 Å². The molecule has 1 atom stereocenters. The quantitative estimate of drug-likeness (QED) is 0.717. The van der Waals surface area contributed by atoms with Crippen molar-refractivity contribution >= 4 is 17.9 Å². The lowest BCUT2D eigenvalue weighted by Gasteiger charge is -2.27. The van der Waals surface area contributed by atoms with Crippen LogP contribution in [0, 0.1) is 5.82 Å². The molecule has 0 bridgehead atoms. The van der Waals surface area contributed by atoms with Gasteiger partial charge in [-0.15, -0.1) is 0 Å². The number of carbonyl (C=O) groups excluding carboxylic acids is 1. The van der Waals surface area contributed by atoms with Gasteiger partial charge in [0.15, 0.2) is 0 Å². The number of fused-ring (bicyclic) bond motifs is 1. The first-order chi connectivity index (χ1) is 8.22. The molecule has 0 radical (unpaired) electrons. The van der Waals surface area contributed by atoms with Crippen molar-refractivity contribution < 1.29 is 13.9 Å². The standard InChI is InChI=1S/C14H16FNO2/c1-13(2,3)18-12(17)14(4)8-16-11-6-5-9(15)7-10(11)14/h5-8H,1-4H3. The van der Waals surface area contributed by atoms with Crippen LogP contribution in [0.4, 0.5) is 10.1 Å². The number of aliphatic imine (C=N–C) groups is 1. The zero-order chi connectivity index (χ0) is 13.6. The van der Waals surface area contributed by atoms with E-state index >= 15 is 0 Å². The first-order valence-electron chi connectivity index (χ1n) is 5.81. The van der Waals surface area contributed by atoms with Crippen LogP contribution >= 0.6 is 0 Å². The van der Waals surface area contributed by atoms with E-state index in [1.807, 2.05) is 0 Å². The molecular weight excluding hydrogens is 233 g/mol. The largest absolute Gasteiger partial charge is 0.459 e. The van der Waals surface area contributed by atoms with Crippen LogP contribution in [0.3, 0.4) is 0 Å². The number of nitrogens with zero attached hydrogens (tertiary/aromatic N) is 1. The van der Waals surface area contributed by atoms with Crippen molar-refractivity contribution in [1.82, 2.24) is 0 Å². The van der Waals surface area contributed by atoms with Crippen molar-refractivity contribution in [3.05, 3.63) is 29.6 Å². The number of hydrogen-bond donors (Lipinski definition) is 0. The SMILES string of the molecule is CC(C)(C)OC(=O)C1(C)C=Nc2ccc(F)cc21. The van der Waals surface area contributed by atoms with Crippen LogP contribution in [0.2, 0.25) is 0 Å². The lowest BCUT2D eigenvalue weighted by atomic mass is 9.84. The van der Waals surface area contributed by atoms with E-state index in [1.165, 1.54) is 18.3 Å². The molecule has 3 nitrogen and oxygen atoms in total. The number of hydrogen-bond acceptors (Lipinski definition) is 3. The fourth-order valence-electron chi connectivity index (χ4n) is 1.85. The molecule has 1 aromatic carbocycles. The van der Waals surface area contributed by atoms with Gasteiger partial charge in [0.25, 0.3) is 0 Å². The van der Waals surface area contributed by atoms with Crippen LogP contribution in [-0.4, -0.2) is 17.8 Å². The molecular formula is C14H16FNO2. The van der Waals surface area contributed by atoms with E-state index in [9.17, 15) is 9.18 Å². The normalized spacial score (nSPS) is 21.8. The van der Waals surface area contributed by atoms with Crippen molar-refractivity contribution in [2.45, 2.75) is 38.7 Å². The second kappa shape index (κ2) is 3.90. The Morgan fingerprint density at radius 3 is 2.67 bits per heavy atom. The smallest absolute Gasteiger partial charge is 0.322 e. The number of carbonyl (C=O) groups is 1. The number of benzene rings is 1. The third-order valence-electron chi connectivity index (χ3n) is 2.80. The van der Waals surface area contributed by atoms with Crippen LogP contribution in [0.1, 0.15) is 33.3 Å². The van der Waals surface area contributed by atoms with E-state index in [4.69, 9.17) is 4.74 Å². The van der Waals surface area contributed by atoms with Crippen LogP contribution in [-0.2, 0) is 14.9 Å². The molecule has 1 aromatic rings. The Labute approximate surface area is 106 Å². The highest BCUT2D eigenvalue weighted by atomic mass is 19.1. The minimum Gasteiger partial charge on any atom is -0.459 e. The van der Waals surface area contributed by atoms with E-state index < -0.39 is 17.0 Å². The molecule has 0 spiro atoms. The van der Waals surface area contributed by atoms with Gasteiger partial charge in [-0.1, -0.05) is 0 Å². The molecule has 4 heteroatoms. The molecule has 1 aliphatic rings. The van der Waals surface area contributed by atoms with E-state index in [0.29, 0.717) is 11.3 Å². The summed E-state index contributed by atoms with van der Waals surface area (Å²) in [7, 11) is 0. The predicted molar refractivity (Wildman–Crippen MR) is 67.7 cm³/mol. The molecule has 2 rings (SSSR count). The second-order valence-corrected chi connectivity index (χ2v) is 5.62. The highest BCUT2D eigenvalue weighted by Gasteiger charge is 2.42. The van der Waals surface area contributed by atoms with Crippen molar-refractivity contribution in [2.75, 3.05) is 0 Å². The highest BCUT2D eigenvalue weighted by Crippen LogP contribution is 2.38. The molecule has 0 aromatic heterocycles. The Kier molecular flexibility index (Phi) is 2.76. The van der Waals surface area contributed by atoms with Crippen LogP contribution < -0.4 is 0 Å². The fourth-order valence-corrected chi connectivity index (χ4v) is 1.85. The van der Waals surface area contributed by atoms with Gasteiger partial charge >= 0.3 is 5.97 Å². The summed E-state index contributed by atoms with van der Waals surface area (Å²) < 4.78 is 18.7. The summed E-state index contributed by atoms with van der Waals surface area (Å²) in [6.07, 6.45) is 1.52. The number of esters is 1. The Hall–Kier alpha value is -1.71. The monoisotopic (exact) mass is 249 g/mol. The summed E-state index contributed by atoms with van der Waals surface area (Å²) in [4.78, 5) is 16.4. The molecule has 0 N–H and O–H groups in total. The zero-order valence-corrected chi connectivity index (χ0v) is 11.0. The lowest BCUT2D eigenvalue weighted by molar-refractivity contribution is -0.158. The molecule has 1 aliphatic heterocycles. The summed E-state index contributed by atoms with van der Waals surface area (Å²) in [5.41, 5.74) is -0.421. The van der Waals surface area contributed by atoms with Gasteiger partial charge in [-0.05, 0) is 45.9 Å². The first kappa shape index (κ1) is 12.7. The molecule has 0 aliphatic carbocycles. The van der Waals surface area contributed by atoms with E-state index in [1.54, 1.807) is 33.8 Å². The van der Waals surface area contributed by atoms with Crippen molar-refractivity contribution in [2.24, 2.45) is 4.99 Å². The van der Waals surface area contributed by atoms with Crippen molar-refractivity contribution in [3.8, 4) is 0 Å². The summed E-state index contributed by atoms with van der Waals surface area (Å²) >= 11 is 0. The number of rotatable bonds is 1. The minimum absolute atomic E-state index is 0.381. The lowest BCUT2D eigenvalue weighted by Crippen LogP contribution is -2.39. The van der Waals surface area contributed by atoms with Gasteiger partial charge < -0.3 is 4.74 Å². The van der Waals surface area contributed by atoms with E-state index in [-0.39, 0.29) is 5.82 Å². The summed E-state index contributed by atoms with van der Waals surface area (Å²) in [5.74, 6) is -0.794. The van der Waals surface area contributed by atoms with Crippen LogP contribution in [0.25, 0.3) is 0 Å². The third-order valence-corrected chi connectivity index (χ3v) is 2.80. The summed E-state index contributed by atoms with van der Waals surface area (Å²) in [6.45, 7) is 7.09. The Morgan fingerprint density at radius 2 is 2.06 bits per heavy atom. The Morgan fingerprint density at radius 1 is 1.39 bits per heavy atom. The molecule has 0 saturated carbocycles. The number of ether oxygens (including phenoxy) is 1. The Bertz CT molecular complexity index is 531. The van der Waals surface area contributed by atoms with Gasteiger partial charge in [0.2, 0.25) is 0 Å².